The second-order valence-corrected chi connectivity index (χ2v) is 4.09. The van der Waals surface area contributed by atoms with Gasteiger partial charge in [-0.1, -0.05) is 12.1 Å². The molecule has 1 N–H and O–H groups in total. The second kappa shape index (κ2) is 4.10. The van der Waals surface area contributed by atoms with E-state index in [0.717, 1.165) is 36.0 Å². The van der Waals surface area contributed by atoms with E-state index in [4.69, 9.17) is 4.74 Å². The van der Waals surface area contributed by atoms with Gasteiger partial charge in [-0.3, -0.25) is 4.98 Å². The lowest BCUT2D eigenvalue weighted by atomic mass is 10.1. The van der Waals surface area contributed by atoms with E-state index in [-0.39, 0.29) is 0 Å². The molecule has 1 aliphatic rings. The summed E-state index contributed by atoms with van der Waals surface area (Å²) in [5, 5.41) is 5.58. The fraction of sp³-hybridized carbons (Fsp3) is 0.308. The molecule has 1 aromatic heterocycles. The molecule has 3 nitrogen and oxygen atoms in total. The Morgan fingerprint density at radius 3 is 3.19 bits per heavy atom. The highest BCUT2D eigenvalue weighted by Gasteiger charge is 2.16. The topological polar surface area (TPSA) is 34.1 Å². The summed E-state index contributed by atoms with van der Waals surface area (Å²) in [5.41, 5.74) is 0. The predicted molar refractivity (Wildman–Crippen MR) is 63.6 cm³/mol. The number of benzene rings is 1. The quantitative estimate of drug-likeness (QED) is 0.830. The lowest BCUT2D eigenvalue weighted by molar-refractivity contribution is 0.226. The van der Waals surface area contributed by atoms with E-state index in [9.17, 15) is 0 Å². The molecule has 0 aliphatic carbocycles. The van der Waals surface area contributed by atoms with E-state index in [1.54, 1.807) is 0 Å². The van der Waals surface area contributed by atoms with Crippen LogP contribution in [0.2, 0.25) is 0 Å². The third-order valence-electron chi connectivity index (χ3n) is 2.95. The Morgan fingerprint density at radius 2 is 2.31 bits per heavy atom. The Labute approximate surface area is 94.5 Å². The summed E-state index contributed by atoms with van der Waals surface area (Å²) in [4.78, 5) is 4.12. The Hall–Kier alpha value is -1.61. The van der Waals surface area contributed by atoms with Gasteiger partial charge in [0.25, 0.3) is 0 Å². The predicted octanol–water partition coefficient (Wildman–Crippen LogP) is 1.98. The molecule has 0 bridgehead atoms. The van der Waals surface area contributed by atoms with Crippen molar-refractivity contribution in [1.29, 1.82) is 0 Å². The maximum Gasteiger partial charge on any atom is 0.127 e. The average molecular weight is 214 g/mol. The van der Waals surface area contributed by atoms with Crippen LogP contribution in [-0.2, 0) is 0 Å². The zero-order chi connectivity index (χ0) is 10.8. The van der Waals surface area contributed by atoms with Gasteiger partial charge in [0.05, 0.1) is 0 Å². The lowest BCUT2D eigenvalue weighted by Gasteiger charge is -2.14. The van der Waals surface area contributed by atoms with Gasteiger partial charge in [-0.05, 0) is 25.1 Å². The Bertz CT molecular complexity index is 487. The molecule has 2 aromatic rings. The number of hydrogen-bond acceptors (Lipinski definition) is 3. The molecule has 1 aliphatic heterocycles. The Kier molecular flexibility index (Phi) is 2.46. The van der Waals surface area contributed by atoms with Crippen molar-refractivity contribution in [3.63, 3.8) is 0 Å². The summed E-state index contributed by atoms with van der Waals surface area (Å²) in [6.45, 7) is 2.00. The van der Waals surface area contributed by atoms with Crippen molar-refractivity contribution in [2.45, 2.75) is 12.5 Å². The minimum atomic E-state index is 0.304. The first-order valence-corrected chi connectivity index (χ1v) is 5.63. The molecule has 1 saturated heterocycles. The summed E-state index contributed by atoms with van der Waals surface area (Å²) < 4.78 is 6.00. The summed E-state index contributed by atoms with van der Waals surface area (Å²) in [6.07, 6.45) is 5.07. The molecule has 0 amide bonds. The van der Waals surface area contributed by atoms with Crippen LogP contribution >= 0.6 is 0 Å². The second-order valence-electron chi connectivity index (χ2n) is 4.09. The first kappa shape index (κ1) is 9.60. The van der Waals surface area contributed by atoms with Gasteiger partial charge in [0.15, 0.2) is 0 Å². The van der Waals surface area contributed by atoms with Gasteiger partial charge in [-0.2, -0.15) is 0 Å². The maximum atomic E-state index is 6.00. The van der Waals surface area contributed by atoms with Crippen LogP contribution in [0.25, 0.3) is 10.8 Å². The van der Waals surface area contributed by atoms with E-state index in [2.05, 4.69) is 16.4 Å². The van der Waals surface area contributed by atoms with Gasteiger partial charge in [-0.25, -0.2) is 0 Å². The number of nitrogens with zero attached hydrogens (tertiary/aromatic N) is 1. The summed E-state index contributed by atoms with van der Waals surface area (Å²) in [5.74, 6) is 0.966. The highest BCUT2D eigenvalue weighted by atomic mass is 16.5. The third-order valence-corrected chi connectivity index (χ3v) is 2.95. The number of fused-ring (bicyclic) bond motifs is 1. The molecule has 2 heterocycles. The molecule has 1 unspecified atom stereocenters. The van der Waals surface area contributed by atoms with Crippen molar-refractivity contribution in [3.8, 4) is 5.75 Å². The van der Waals surface area contributed by atoms with Crippen LogP contribution in [-0.4, -0.2) is 24.2 Å². The molecule has 0 saturated carbocycles. The Morgan fingerprint density at radius 1 is 1.31 bits per heavy atom. The van der Waals surface area contributed by atoms with Crippen LogP contribution in [0.15, 0.2) is 36.7 Å². The van der Waals surface area contributed by atoms with Crippen molar-refractivity contribution in [1.82, 2.24) is 10.3 Å². The van der Waals surface area contributed by atoms with Gasteiger partial charge >= 0.3 is 0 Å². The largest absolute Gasteiger partial charge is 0.488 e. The fourth-order valence-corrected chi connectivity index (χ4v) is 2.10. The van der Waals surface area contributed by atoms with Gasteiger partial charge in [-0.15, -0.1) is 0 Å². The van der Waals surface area contributed by atoms with E-state index in [1.807, 2.05) is 30.6 Å². The van der Waals surface area contributed by atoms with E-state index >= 15 is 0 Å². The molecule has 1 aromatic carbocycles. The van der Waals surface area contributed by atoms with Crippen molar-refractivity contribution in [3.05, 3.63) is 36.7 Å². The molecule has 82 valence electrons. The van der Waals surface area contributed by atoms with E-state index in [1.165, 1.54) is 0 Å². The van der Waals surface area contributed by atoms with Crippen LogP contribution in [0.4, 0.5) is 0 Å². The number of hydrogen-bond donors (Lipinski definition) is 1. The average Bonchev–Trinajstić information content (AvgIpc) is 2.82. The monoisotopic (exact) mass is 214 g/mol. The summed E-state index contributed by atoms with van der Waals surface area (Å²) >= 11 is 0. The standard InChI is InChI=1S/C13H14N2O/c1-2-10-8-14-7-5-12(10)13(3-1)16-11-4-6-15-9-11/h1-3,5,7-8,11,15H,4,6,9H2. The fourth-order valence-electron chi connectivity index (χ4n) is 2.10. The molecular weight excluding hydrogens is 200 g/mol. The Balaban J connectivity index is 1.96. The molecular formula is C13H14N2O. The SMILES string of the molecule is c1cc(OC2CCNC2)c2ccncc2c1. The molecule has 3 heteroatoms. The van der Waals surface area contributed by atoms with Gasteiger partial charge in [0.2, 0.25) is 0 Å². The van der Waals surface area contributed by atoms with Crippen molar-refractivity contribution < 1.29 is 4.74 Å². The van der Waals surface area contributed by atoms with Crippen molar-refractivity contribution in [2.24, 2.45) is 0 Å². The van der Waals surface area contributed by atoms with Gasteiger partial charge in [0.1, 0.15) is 11.9 Å². The number of ether oxygens (including phenoxy) is 1. The van der Waals surface area contributed by atoms with Crippen LogP contribution in [0.5, 0.6) is 5.75 Å². The van der Waals surface area contributed by atoms with E-state index < -0.39 is 0 Å². The molecule has 1 atom stereocenters. The number of aromatic nitrogens is 1. The highest BCUT2D eigenvalue weighted by molar-refractivity contribution is 5.87. The molecule has 0 radical (unpaired) electrons. The smallest absolute Gasteiger partial charge is 0.127 e. The number of nitrogens with one attached hydrogen (secondary N) is 1. The minimum absolute atomic E-state index is 0.304. The number of pyridine rings is 1. The third kappa shape index (κ3) is 1.74. The summed E-state index contributed by atoms with van der Waals surface area (Å²) in [7, 11) is 0. The van der Waals surface area contributed by atoms with Crippen LogP contribution in [0.3, 0.4) is 0 Å². The molecule has 3 rings (SSSR count). The summed E-state index contributed by atoms with van der Waals surface area (Å²) in [6, 6.07) is 8.11. The number of rotatable bonds is 2. The normalized spacial score (nSPS) is 20.1. The first-order valence-electron chi connectivity index (χ1n) is 5.63. The van der Waals surface area contributed by atoms with Gasteiger partial charge in [0, 0.05) is 29.7 Å². The van der Waals surface area contributed by atoms with Crippen LogP contribution in [0, 0.1) is 0 Å². The first-order chi connectivity index (χ1) is 7.93. The van der Waals surface area contributed by atoms with Gasteiger partial charge < -0.3 is 10.1 Å². The maximum absolute atomic E-state index is 6.00. The van der Waals surface area contributed by atoms with Crippen molar-refractivity contribution in [2.75, 3.05) is 13.1 Å². The van der Waals surface area contributed by atoms with Crippen LogP contribution < -0.4 is 10.1 Å². The molecule has 0 spiro atoms. The van der Waals surface area contributed by atoms with Crippen molar-refractivity contribution >= 4 is 10.8 Å². The zero-order valence-corrected chi connectivity index (χ0v) is 9.02. The zero-order valence-electron chi connectivity index (χ0n) is 9.02. The molecule has 16 heavy (non-hydrogen) atoms. The lowest BCUT2D eigenvalue weighted by Crippen LogP contribution is -2.19. The minimum Gasteiger partial charge on any atom is -0.488 e. The van der Waals surface area contributed by atoms with E-state index in [0.29, 0.717) is 6.10 Å². The highest BCUT2D eigenvalue weighted by Crippen LogP contribution is 2.26. The van der Waals surface area contributed by atoms with Crippen LogP contribution in [0.1, 0.15) is 6.42 Å². The molecule has 1 fully saturated rings.